The molecule has 0 bridgehead atoms. The van der Waals surface area contributed by atoms with Gasteiger partial charge in [0.05, 0.1) is 17.4 Å². The molecule has 4 aromatic rings. The van der Waals surface area contributed by atoms with Crippen molar-refractivity contribution in [3.05, 3.63) is 57.7 Å². The second kappa shape index (κ2) is 7.88. The molecule has 7 nitrogen and oxygen atoms in total. The van der Waals surface area contributed by atoms with E-state index in [0.717, 1.165) is 29.5 Å². The first-order valence-corrected chi connectivity index (χ1v) is 11.6. The van der Waals surface area contributed by atoms with Crippen LogP contribution in [0.2, 0.25) is 0 Å². The third kappa shape index (κ3) is 3.41. The number of fused-ring (bicyclic) bond motifs is 3. The SMILES string of the molecule is C=CCn1c(SCc2noc(-c3ccco3)n2)nc2sc3c(c2c1=O)CC[C@H](C)C3. The molecule has 0 amide bonds. The Balaban J connectivity index is 1.48. The highest BCUT2D eigenvalue weighted by Crippen LogP contribution is 2.36. The van der Waals surface area contributed by atoms with E-state index >= 15 is 0 Å². The summed E-state index contributed by atoms with van der Waals surface area (Å²) in [5, 5.41) is 5.44. The van der Waals surface area contributed by atoms with Gasteiger partial charge >= 0.3 is 0 Å². The first-order chi connectivity index (χ1) is 14.6. The van der Waals surface area contributed by atoms with E-state index in [4.69, 9.17) is 13.9 Å². The van der Waals surface area contributed by atoms with Crippen LogP contribution < -0.4 is 5.56 Å². The number of allylic oxidation sites excluding steroid dienone is 1. The van der Waals surface area contributed by atoms with Crippen LogP contribution in [0.4, 0.5) is 0 Å². The molecule has 0 saturated heterocycles. The molecule has 0 N–H and O–H groups in total. The number of rotatable bonds is 6. The Bertz CT molecular complexity index is 1270. The predicted molar refractivity (Wildman–Crippen MR) is 117 cm³/mol. The second-order valence-electron chi connectivity index (χ2n) is 7.41. The highest BCUT2D eigenvalue weighted by atomic mass is 32.2. The third-order valence-electron chi connectivity index (χ3n) is 5.22. The van der Waals surface area contributed by atoms with E-state index in [9.17, 15) is 4.79 Å². The standard InChI is InChI=1S/C21H20N4O3S2/c1-3-8-25-20(26)17-13-7-6-12(2)10-15(13)30-19(17)23-21(25)29-11-16-22-18(28-24-16)14-5-4-9-27-14/h3-5,9,12H,1,6-8,10-11H2,2H3/t12-/m0/s1. The molecule has 1 aliphatic rings. The van der Waals surface area contributed by atoms with Crippen molar-refractivity contribution in [3.8, 4) is 11.7 Å². The van der Waals surface area contributed by atoms with Gasteiger partial charge in [-0.15, -0.1) is 17.9 Å². The number of hydrogen-bond acceptors (Lipinski definition) is 8. The molecule has 0 unspecified atom stereocenters. The van der Waals surface area contributed by atoms with E-state index in [1.165, 1.54) is 22.2 Å². The van der Waals surface area contributed by atoms with Crippen LogP contribution in [0.1, 0.15) is 29.6 Å². The zero-order chi connectivity index (χ0) is 20.7. The van der Waals surface area contributed by atoms with Crippen molar-refractivity contribution in [1.29, 1.82) is 0 Å². The van der Waals surface area contributed by atoms with Crippen LogP contribution in [0, 0.1) is 5.92 Å². The van der Waals surface area contributed by atoms with Gasteiger partial charge in [-0.05, 0) is 42.9 Å². The number of furan rings is 1. The Hall–Kier alpha value is -2.65. The summed E-state index contributed by atoms with van der Waals surface area (Å²) in [7, 11) is 0. The molecule has 0 aliphatic heterocycles. The summed E-state index contributed by atoms with van der Waals surface area (Å²) in [4.78, 5) is 24.7. The van der Waals surface area contributed by atoms with E-state index in [0.29, 0.717) is 40.8 Å². The van der Waals surface area contributed by atoms with Crippen molar-refractivity contribution < 1.29 is 8.94 Å². The van der Waals surface area contributed by atoms with E-state index in [2.05, 4.69) is 23.6 Å². The second-order valence-corrected chi connectivity index (χ2v) is 9.44. The number of hydrogen-bond donors (Lipinski definition) is 0. The molecule has 154 valence electrons. The highest BCUT2D eigenvalue weighted by Gasteiger charge is 2.24. The molecule has 0 fully saturated rings. The van der Waals surface area contributed by atoms with Crippen molar-refractivity contribution in [1.82, 2.24) is 19.7 Å². The molecule has 4 aromatic heterocycles. The molecule has 9 heteroatoms. The minimum atomic E-state index is 0.0128. The fourth-order valence-electron chi connectivity index (χ4n) is 3.75. The Kier molecular flexibility index (Phi) is 5.08. The first-order valence-electron chi connectivity index (χ1n) is 9.79. The van der Waals surface area contributed by atoms with Crippen molar-refractivity contribution in [3.63, 3.8) is 0 Å². The summed E-state index contributed by atoms with van der Waals surface area (Å²) in [5.41, 5.74) is 1.21. The van der Waals surface area contributed by atoms with E-state index in [-0.39, 0.29) is 5.56 Å². The van der Waals surface area contributed by atoms with Crippen molar-refractivity contribution in [2.45, 2.75) is 43.6 Å². The summed E-state index contributed by atoms with van der Waals surface area (Å²) < 4.78 is 12.2. The Morgan fingerprint density at radius 2 is 2.33 bits per heavy atom. The Morgan fingerprint density at radius 3 is 3.13 bits per heavy atom. The van der Waals surface area contributed by atoms with Crippen LogP contribution in [-0.4, -0.2) is 19.7 Å². The summed E-state index contributed by atoms with van der Waals surface area (Å²) in [6, 6.07) is 3.53. The quantitative estimate of drug-likeness (QED) is 0.244. The largest absolute Gasteiger partial charge is 0.459 e. The average molecular weight is 441 g/mol. The topological polar surface area (TPSA) is 86.9 Å². The van der Waals surface area contributed by atoms with Gasteiger partial charge in [0.25, 0.3) is 11.4 Å². The lowest BCUT2D eigenvalue weighted by atomic mass is 9.89. The van der Waals surface area contributed by atoms with Crippen LogP contribution in [0.25, 0.3) is 21.9 Å². The van der Waals surface area contributed by atoms with E-state index in [1.807, 2.05) is 0 Å². The van der Waals surface area contributed by atoms with Gasteiger partial charge in [0, 0.05) is 11.4 Å². The fourth-order valence-corrected chi connectivity index (χ4v) is 6.02. The molecule has 0 radical (unpaired) electrons. The van der Waals surface area contributed by atoms with Gasteiger partial charge in [0.2, 0.25) is 0 Å². The smallest absolute Gasteiger partial charge is 0.293 e. The van der Waals surface area contributed by atoms with Crippen LogP contribution in [-0.2, 0) is 25.1 Å². The van der Waals surface area contributed by atoms with Gasteiger partial charge in [0.15, 0.2) is 16.7 Å². The lowest BCUT2D eigenvalue weighted by Gasteiger charge is -2.17. The van der Waals surface area contributed by atoms with Crippen molar-refractivity contribution >= 4 is 33.3 Å². The molecule has 0 aromatic carbocycles. The summed E-state index contributed by atoms with van der Waals surface area (Å²) in [6.45, 7) is 6.48. The zero-order valence-corrected chi connectivity index (χ0v) is 18.1. The lowest BCUT2D eigenvalue weighted by Crippen LogP contribution is -2.23. The summed E-state index contributed by atoms with van der Waals surface area (Å²) in [5.74, 6) is 2.46. The van der Waals surface area contributed by atoms with Gasteiger partial charge in [0.1, 0.15) is 4.83 Å². The monoisotopic (exact) mass is 440 g/mol. The zero-order valence-electron chi connectivity index (χ0n) is 16.5. The molecular weight excluding hydrogens is 420 g/mol. The van der Waals surface area contributed by atoms with E-state index < -0.39 is 0 Å². The van der Waals surface area contributed by atoms with Crippen LogP contribution in [0.15, 0.2) is 49.9 Å². The number of aryl methyl sites for hydroxylation is 1. The number of nitrogens with zero attached hydrogens (tertiary/aromatic N) is 4. The first kappa shape index (κ1) is 19.3. The molecule has 0 spiro atoms. The number of thiophene rings is 1. The molecule has 5 rings (SSSR count). The maximum atomic E-state index is 13.3. The summed E-state index contributed by atoms with van der Waals surface area (Å²) >= 11 is 3.08. The van der Waals surface area contributed by atoms with Gasteiger partial charge in [-0.2, -0.15) is 4.98 Å². The van der Waals surface area contributed by atoms with Gasteiger partial charge in [-0.3, -0.25) is 9.36 Å². The van der Waals surface area contributed by atoms with Crippen molar-refractivity contribution in [2.75, 3.05) is 0 Å². The van der Waals surface area contributed by atoms with Crippen LogP contribution >= 0.6 is 23.1 Å². The highest BCUT2D eigenvalue weighted by molar-refractivity contribution is 7.98. The molecule has 1 atom stereocenters. The molecule has 0 saturated carbocycles. The number of thioether (sulfide) groups is 1. The average Bonchev–Trinajstić information content (AvgIpc) is 3.47. The predicted octanol–water partition coefficient (Wildman–Crippen LogP) is 4.70. The molecule has 30 heavy (non-hydrogen) atoms. The fraction of sp³-hybridized carbons (Fsp3) is 0.333. The lowest BCUT2D eigenvalue weighted by molar-refractivity contribution is 0.411. The minimum Gasteiger partial charge on any atom is -0.459 e. The third-order valence-corrected chi connectivity index (χ3v) is 7.34. The van der Waals surface area contributed by atoms with Gasteiger partial charge in [-0.1, -0.05) is 29.9 Å². The molecule has 4 heterocycles. The molecular formula is C21H20N4O3S2. The van der Waals surface area contributed by atoms with Crippen LogP contribution in [0.5, 0.6) is 0 Å². The van der Waals surface area contributed by atoms with Gasteiger partial charge < -0.3 is 8.94 Å². The number of aromatic nitrogens is 4. The van der Waals surface area contributed by atoms with Gasteiger partial charge in [-0.25, -0.2) is 4.98 Å². The van der Waals surface area contributed by atoms with E-state index in [1.54, 1.807) is 40.4 Å². The maximum Gasteiger partial charge on any atom is 0.293 e. The Labute approximate surface area is 180 Å². The summed E-state index contributed by atoms with van der Waals surface area (Å²) in [6.07, 6.45) is 6.38. The van der Waals surface area contributed by atoms with Crippen molar-refractivity contribution in [2.24, 2.45) is 5.92 Å². The minimum absolute atomic E-state index is 0.0128. The Morgan fingerprint density at radius 1 is 1.43 bits per heavy atom. The maximum absolute atomic E-state index is 13.3. The molecule has 1 aliphatic carbocycles. The normalized spacial score (nSPS) is 16.1. The van der Waals surface area contributed by atoms with Crippen LogP contribution in [0.3, 0.4) is 0 Å².